The van der Waals surface area contributed by atoms with Crippen molar-refractivity contribution in [1.29, 1.82) is 5.26 Å². The highest BCUT2D eigenvalue weighted by atomic mass is 16.5. The van der Waals surface area contributed by atoms with E-state index in [0.29, 0.717) is 17.9 Å². The Labute approximate surface area is 120 Å². The lowest BCUT2D eigenvalue weighted by molar-refractivity contribution is 0.302. The second kappa shape index (κ2) is 7.59. The van der Waals surface area contributed by atoms with Crippen LogP contribution in [0, 0.1) is 11.3 Å². The number of benzene rings is 1. The molecule has 1 aromatic heterocycles. The summed E-state index contributed by atoms with van der Waals surface area (Å²) in [6.45, 7) is 2.86. The first-order valence-electron chi connectivity index (χ1n) is 7.41. The van der Waals surface area contributed by atoms with Gasteiger partial charge in [0.25, 0.3) is 0 Å². The minimum Gasteiger partial charge on any atom is -0.488 e. The van der Waals surface area contributed by atoms with Crippen molar-refractivity contribution in [2.75, 3.05) is 6.61 Å². The Kier molecular flexibility index (Phi) is 5.49. The maximum Gasteiger partial charge on any atom is 0.246 e. The van der Waals surface area contributed by atoms with Crippen LogP contribution in [0.2, 0.25) is 0 Å². The Hall–Kier alpha value is -1.95. The molecule has 0 bridgehead atoms. The zero-order valence-electron chi connectivity index (χ0n) is 12.0. The lowest BCUT2D eigenvalue weighted by Gasteiger charge is -2.04. The molecule has 3 nitrogen and oxygen atoms in total. The molecule has 0 radical (unpaired) electrons. The van der Waals surface area contributed by atoms with Gasteiger partial charge in [0.2, 0.25) is 5.76 Å². The number of fused-ring (bicyclic) bond motifs is 1. The van der Waals surface area contributed by atoms with Crippen molar-refractivity contribution >= 4 is 11.0 Å². The minimum absolute atomic E-state index is 0.275. The summed E-state index contributed by atoms with van der Waals surface area (Å²) in [6.07, 6.45) is 7.34. The molecule has 0 atom stereocenters. The molecule has 0 N–H and O–H groups in total. The largest absolute Gasteiger partial charge is 0.488 e. The van der Waals surface area contributed by atoms with Crippen LogP contribution in [0.15, 0.2) is 28.7 Å². The number of para-hydroxylation sites is 1. The number of rotatable bonds is 8. The molecule has 0 spiro atoms. The molecule has 20 heavy (non-hydrogen) atoms. The first kappa shape index (κ1) is 14.5. The highest BCUT2D eigenvalue weighted by Gasteiger charge is 2.14. The van der Waals surface area contributed by atoms with Gasteiger partial charge in [0, 0.05) is 0 Å². The fourth-order valence-corrected chi connectivity index (χ4v) is 2.30. The summed E-state index contributed by atoms with van der Waals surface area (Å²) < 4.78 is 11.2. The van der Waals surface area contributed by atoms with Crippen molar-refractivity contribution in [3.05, 3.63) is 30.0 Å². The topological polar surface area (TPSA) is 46.2 Å². The predicted octanol–water partition coefficient (Wildman–Crippen LogP) is 5.04. The Morgan fingerprint density at radius 1 is 1.10 bits per heavy atom. The molecule has 2 rings (SSSR count). The number of nitrogens with zero attached hydrogens (tertiary/aromatic N) is 1. The van der Waals surface area contributed by atoms with Crippen LogP contribution in [0.5, 0.6) is 5.75 Å². The van der Waals surface area contributed by atoms with Gasteiger partial charge in [0.05, 0.1) is 12.0 Å². The van der Waals surface area contributed by atoms with Gasteiger partial charge in [-0.1, -0.05) is 51.2 Å². The molecule has 0 aliphatic rings. The molecule has 0 saturated heterocycles. The summed E-state index contributed by atoms with van der Waals surface area (Å²) in [4.78, 5) is 0. The number of unbranched alkanes of at least 4 members (excludes halogenated alkanes) is 5. The molecule has 0 aliphatic heterocycles. The molecule has 3 heteroatoms. The van der Waals surface area contributed by atoms with E-state index in [1.165, 1.54) is 32.1 Å². The highest BCUT2D eigenvalue weighted by molar-refractivity contribution is 5.86. The first-order chi connectivity index (χ1) is 9.86. The Morgan fingerprint density at radius 3 is 2.65 bits per heavy atom. The van der Waals surface area contributed by atoms with Gasteiger partial charge < -0.3 is 9.15 Å². The summed E-state index contributed by atoms with van der Waals surface area (Å²) in [5.74, 6) is 0.869. The zero-order valence-corrected chi connectivity index (χ0v) is 12.0. The van der Waals surface area contributed by atoms with E-state index >= 15 is 0 Å². The fourth-order valence-electron chi connectivity index (χ4n) is 2.30. The van der Waals surface area contributed by atoms with Crippen molar-refractivity contribution in [2.45, 2.75) is 45.4 Å². The van der Waals surface area contributed by atoms with Gasteiger partial charge in [0.1, 0.15) is 11.7 Å². The van der Waals surface area contributed by atoms with E-state index in [1.54, 1.807) is 0 Å². The number of furan rings is 1. The monoisotopic (exact) mass is 271 g/mol. The summed E-state index contributed by atoms with van der Waals surface area (Å²) in [6, 6.07) is 9.66. The minimum atomic E-state index is 0.275. The van der Waals surface area contributed by atoms with Gasteiger partial charge in [-0.25, -0.2) is 0 Å². The quantitative estimate of drug-likeness (QED) is 0.631. The van der Waals surface area contributed by atoms with E-state index in [0.717, 1.165) is 11.8 Å². The molecule has 0 saturated carbocycles. The van der Waals surface area contributed by atoms with Gasteiger partial charge in [-0.05, 0) is 18.6 Å². The highest BCUT2D eigenvalue weighted by Crippen LogP contribution is 2.32. The average molecular weight is 271 g/mol. The first-order valence-corrected chi connectivity index (χ1v) is 7.41. The molecule has 1 aromatic carbocycles. The van der Waals surface area contributed by atoms with E-state index in [1.807, 2.05) is 24.3 Å². The lowest BCUT2D eigenvalue weighted by Crippen LogP contribution is -1.98. The number of nitriles is 1. The van der Waals surface area contributed by atoms with Gasteiger partial charge in [-0.2, -0.15) is 5.26 Å². The van der Waals surface area contributed by atoms with Crippen LogP contribution >= 0.6 is 0 Å². The van der Waals surface area contributed by atoms with Gasteiger partial charge in [-0.3, -0.25) is 0 Å². The van der Waals surface area contributed by atoms with Crippen LogP contribution in [0.3, 0.4) is 0 Å². The van der Waals surface area contributed by atoms with Crippen molar-refractivity contribution < 1.29 is 9.15 Å². The number of hydrogen-bond donors (Lipinski definition) is 0. The molecule has 0 aliphatic carbocycles. The standard InChI is InChI=1S/C17H21NO2/c1-2-3-4-5-6-9-12-19-17-14-10-7-8-11-15(14)20-16(17)13-18/h7-8,10-11H,2-6,9,12H2,1H3. The molecule has 1 heterocycles. The van der Waals surface area contributed by atoms with E-state index in [2.05, 4.69) is 13.0 Å². The van der Waals surface area contributed by atoms with Crippen molar-refractivity contribution in [2.24, 2.45) is 0 Å². The Bertz CT molecular complexity index is 580. The zero-order chi connectivity index (χ0) is 14.2. The normalized spacial score (nSPS) is 10.6. The maximum absolute atomic E-state index is 9.10. The second-order valence-corrected chi connectivity index (χ2v) is 4.98. The Balaban J connectivity index is 1.88. The molecule has 0 fully saturated rings. The van der Waals surface area contributed by atoms with Crippen LogP contribution in [0.1, 0.15) is 51.2 Å². The predicted molar refractivity (Wildman–Crippen MR) is 79.8 cm³/mol. The van der Waals surface area contributed by atoms with Gasteiger partial charge in [-0.15, -0.1) is 0 Å². The van der Waals surface area contributed by atoms with Crippen LogP contribution < -0.4 is 4.74 Å². The van der Waals surface area contributed by atoms with Gasteiger partial charge >= 0.3 is 0 Å². The van der Waals surface area contributed by atoms with E-state index < -0.39 is 0 Å². The van der Waals surface area contributed by atoms with Crippen LogP contribution in [0.4, 0.5) is 0 Å². The molecule has 0 amide bonds. The third-order valence-electron chi connectivity index (χ3n) is 3.40. The molecular weight excluding hydrogens is 250 g/mol. The number of hydrogen-bond acceptors (Lipinski definition) is 3. The molecule has 106 valence electrons. The Morgan fingerprint density at radius 2 is 1.85 bits per heavy atom. The SMILES string of the molecule is CCCCCCCCOc1c(C#N)oc2ccccc12. The summed E-state index contributed by atoms with van der Waals surface area (Å²) in [5.41, 5.74) is 0.710. The van der Waals surface area contributed by atoms with Crippen LogP contribution in [-0.2, 0) is 0 Å². The summed E-state index contributed by atoms with van der Waals surface area (Å²) in [7, 11) is 0. The van der Waals surface area contributed by atoms with E-state index in [-0.39, 0.29) is 5.76 Å². The fraction of sp³-hybridized carbons (Fsp3) is 0.471. The van der Waals surface area contributed by atoms with Crippen molar-refractivity contribution in [3.63, 3.8) is 0 Å². The smallest absolute Gasteiger partial charge is 0.246 e. The van der Waals surface area contributed by atoms with Crippen molar-refractivity contribution in [1.82, 2.24) is 0 Å². The van der Waals surface area contributed by atoms with E-state index in [9.17, 15) is 0 Å². The maximum atomic E-state index is 9.10. The van der Waals surface area contributed by atoms with Crippen LogP contribution in [-0.4, -0.2) is 6.61 Å². The number of ether oxygens (including phenoxy) is 1. The van der Waals surface area contributed by atoms with Crippen LogP contribution in [0.25, 0.3) is 11.0 Å². The average Bonchev–Trinajstić information content (AvgIpc) is 2.84. The third-order valence-corrected chi connectivity index (χ3v) is 3.40. The molecular formula is C17H21NO2. The lowest BCUT2D eigenvalue weighted by atomic mass is 10.1. The summed E-state index contributed by atoms with van der Waals surface area (Å²) in [5, 5.41) is 9.98. The van der Waals surface area contributed by atoms with Crippen molar-refractivity contribution in [3.8, 4) is 11.8 Å². The summed E-state index contributed by atoms with van der Waals surface area (Å²) >= 11 is 0. The third kappa shape index (κ3) is 3.54. The van der Waals surface area contributed by atoms with E-state index in [4.69, 9.17) is 14.4 Å². The van der Waals surface area contributed by atoms with Gasteiger partial charge in [0.15, 0.2) is 5.75 Å². The molecule has 0 unspecified atom stereocenters. The molecule has 2 aromatic rings. The second-order valence-electron chi connectivity index (χ2n) is 4.98.